The van der Waals surface area contributed by atoms with Gasteiger partial charge in [-0.2, -0.15) is 0 Å². The summed E-state index contributed by atoms with van der Waals surface area (Å²) >= 11 is 1.45. The number of rotatable bonds is 4. The topological polar surface area (TPSA) is 64.2 Å². The van der Waals surface area contributed by atoms with Gasteiger partial charge in [0.05, 0.1) is 11.5 Å². The number of carbonyl (C=O) groups is 1. The van der Waals surface area contributed by atoms with Crippen LogP contribution in [0.4, 0.5) is 0 Å². The Balaban J connectivity index is 1.73. The maximum Gasteiger partial charge on any atom is 0.236 e. The largest absolute Gasteiger partial charge is 0.461 e. The zero-order chi connectivity index (χ0) is 17.3. The van der Waals surface area contributed by atoms with E-state index in [2.05, 4.69) is 24.0 Å². The van der Waals surface area contributed by atoms with E-state index in [1.807, 2.05) is 35.6 Å². The highest BCUT2D eigenvalue weighted by atomic mass is 32.2. The van der Waals surface area contributed by atoms with Crippen molar-refractivity contribution in [3.8, 4) is 11.6 Å². The van der Waals surface area contributed by atoms with E-state index in [0.29, 0.717) is 23.7 Å². The zero-order valence-corrected chi connectivity index (χ0v) is 15.4. The summed E-state index contributed by atoms with van der Waals surface area (Å²) in [4.78, 5) is 14.9. The maximum atomic E-state index is 12.9. The second-order valence-corrected chi connectivity index (χ2v) is 7.78. The third-order valence-electron chi connectivity index (χ3n) is 4.65. The van der Waals surface area contributed by atoms with Gasteiger partial charge in [-0.3, -0.25) is 4.79 Å². The molecule has 3 heterocycles. The minimum absolute atomic E-state index is 0.183. The fourth-order valence-corrected chi connectivity index (χ4v) is 4.18. The lowest BCUT2D eigenvalue weighted by atomic mass is 9.97. The Hall–Kier alpha value is -1.76. The molecule has 1 amide bonds. The summed E-state index contributed by atoms with van der Waals surface area (Å²) in [6.45, 7) is 6.23. The van der Waals surface area contributed by atoms with Crippen molar-refractivity contribution in [3.63, 3.8) is 0 Å². The molecule has 130 valence electrons. The van der Waals surface area contributed by atoms with Gasteiger partial charge in [-0.15, -0.1) is 10.2 Å². The zero-order valence-electron chi connectivity index (χ0n) is 14.6. The summed E-state index contributed by atoms with van der Waals surface area (Å²) in [5, 5.41) is 8.94. The van der Waals surface area contributed by atoms with Crippen molar-refractivity contribution >= 4 is 17.7 Å². The summed E-state index contributed by atoms with van der Waals surface area (Å²) in [5.74, 6) is 1.53. The SMILES string of the molecule is C[C@@H]1CCC[C@H](C)N1C(=O)[C@@H](C)Sc1nnc(-c2ccco2)n1C. The number of likely N-dealkylation sites (tertiary alicyclic amines) is 1. The summed E-state index contributed by atoms with van der Waals surface area (Å²) in [6.07, 6.45) is 4.98. The summed E-state index contributed by atoms with van der Waals surface area (Å²) < 4.78 is 7.25. The number of thioether (sulfide) groups is 1. The quantitative estimate of drug-likeness (QED) is 0.793. The van der Waals surface area contributed by atoms with Crippen molar-refractivity contribution in [2.45, 2.75) is 62.5 Å². The lowest BCUT2D eigenvalue weighted by Gasteiger charge is -2.40. The molecule has 24 heavy (non-hydrogen) atoms. The van der Waals surface area contributed by atoms with E-state index in [0.717, 1.165) is 18.0 Å². The fourth-order valence-electron chi connectivity index (χ4n) is 3.31. The van der Waals surface area contributed by atoms with E-state index in [1.165, 1.54) is 18.2 Å². The predicted molar refractivity (Wildman–Crippen MR) is 93.6 cm³/mol. The number of nitrogens with zero attached hydrogens (tertiary/aromatic N) is 4. The Labute approximate surface area is 146 Å². The molecular weight excluding hydrogens is 324 g/mol. The molecule has 3 atom stereocenters. The molecule has 3 rings (SSSR count). The van der Waals surface area contributed by atoms with Crippen LogP contribution in [0.3, 0.4) is 0 Å². The van der Waals surface area contributed by atoms with Gasteiger partial charge < -0.3 is 13.9 Å². The first kappa shape index (κ1) is 17.1. The number of hydrogen-bond donors (Lipinski definition) is 0. The highest BCUT2D eigenvalue weighted by molar-refractivity contribution is 8.00. The van der Waals surface area contributed by atoms with Crippen LogP contribution in [0.15, 0.2) is 28.0 Å². The van der Waals surface area contributed by atoms with E-state index in [-0.39, 0.29) is 11.2 Å². The molecule has 1 saturated heterocycles. The first-order valence-electron chi connectivity index (χ1n) is 8.41. The highest BCUT2D eigenvalue weighted by Crippen LogP contribution is 2.30. The van der Waals surface area contributed by atoms with E-state index in [4.69, 9.17) is 4.42 Å². The van der Waals surface area contributed by atoms with Crippen molar-refractivity contribution in [2.24, 2.45) is 7.05 Å². The van der Waals surface area contributed by atoms with Crippen LogP contribution in [-0.2, 0) is 11.8 Å². The van der Waals surface area contributed by atoms with Gasteiger partial charge in [0.25, 0.3) is 0 Å². The molecule has 0 aliphatic carbocycles. The van der Waals surface area contributed by atoms with Crippen LogP contribution in [0.1, 0.15) is 40.0 Å². The van der Waals surface area contributed by atoms with Crippen LogP contribution in [0.25, 0.3) is 11.6 Å². The fraction of sp³-hybridized carbons (Fsp3) is 0.588. The molecule has 0 aromatic carbocycles. The van der Waals surface area contributed by atoms with Gasteiger partial charge >= 0.3 is 0 Å². The molecule has 0 bridgehead atoms. The van der Waals surface area contributed by atoms with Crippen LogP contribution in [0.2, 0.25) is 0 Å². The second-order valence-electron chi connectivity index (χ2n) is 6.48. The smallest absolute Gasteiger partial charge is 0.236 e. The van der Waals surface area contributed by atoms with Gasteiger partial charge in [0, 0.05) is 19.1 Å². The van der Waals surface area contributed by atoms with Gasteiger partial charge in [0.15, 0.2) is 16.7 Å². The monoisotopic (exact) mass is 348 g/mol. The lowest BCUT2D eigenvalue weighted by molar-refractivity contribution is -0.136. The predicted octanol–water partition coefficient (Wildman–Crippen LogP) is 3.35. The average Bonchev–Trinajstić information content (AvgIpc) is 3.17. The number of piperidine rings is 1. The summed E-state index contributed by atoms with van der Waals surface area (Å²) in [5.41, 5.74) is 0. The molecule has 1 fully saturated rings. The Bertz CT molecular complexity index is 688. The van der Waals surface area contributed by atoms with E-state index < -0.39 is 0 Å². The van der Waals surface area contributed by atoms with Crippen LogP contribution in [0, 0.1) is 0 Å². The van der Waals surface area contributed by atoms with E-state index in [1.54, 1.807) is 6.26 Å². The van der Waals surface area contributed by atoms with Gasteiger partial charge in [-0.1, -0.05) is 11.8 Å². The number of hydrogen-bond acceptors (Lipinski definition) is 5. The molecule has 0 spiro atoms. The molecule has 7 heteroatoms. The van der Waals surface area contributed by atoms with Gasteiger partial charge in [0.1, 0.15) is 0 Å². The minimum Gasteiger partial charge on any atom is -0.461 e. The van der Waals surface area contributed by atoms with Crippen LogP contribution in [0.5, 0.6) is 0 Å². The lowest BCUT2D eigenvalue weighted by Crippen LogP contribution is -2.50. The first-order valence-corrected chi connectivity index (χ1v) is 9.29. The molecule has 0 N–H and O–H groups in total. The number of aromatic nitrogens is 3. The number of furan rings is 1. The Morgan fingerprint density at radius 2 is 2.04 bits per heavy atom. The second kappa shape index (κ2) is 7.01. The standard InChI is InChI=1S/C17H24N4O2S/c1-11-7-5-8-12(2)21(11)16(22)13(3)24-17-19-18-15(20(17)4)14-9-6-10-23-14/h6,9-13H,5,7-8H2,1-4H3/t11-,12+,13-/m1/s1. The molecule has 6 nitrogen and oxygen atoms in total. The Kier molecular flexibility index (Phi) is 4.99. The van der Waals surface area contributed by atoms with Crippen molar-refractivity contribution in [2.75, 3.05) is 0 Å². The van der Waals surface area contributed by atoms with Gasteiger partial charge in [-0.25, -0.2) is 0 Å². The van der Waals surface area contributed by atoms with Gasteiger partial charge in [-0.05, 0) is 52.2 Å². The molecule has 0 unspecified atom stereocenters. The first-order chi connectivity index (χ1) is 11.5. The van der Waals surface area contributed by atoms with Crippen molar-refractivity contribution in [1.82, 2.24) is 19.7 Å². The molecule has 0 radical (unpaired) electrons. The number of amides is 1. The molecule has 1 aliphatic heterocycles. The minimum atomic E-state index is -0.194. The Morgan fingerprint density at radius 3 is 2.67 bits per heavy atom. The van der Waals surface area contributed by atoms with Crippen molar-refractivity contribution in [1.29, 1.82) is 0 Å². The van der Waals surface area contributed by atoms with Crippen LogP contribution >= 0.6 is 11.8 Å². The van der Waals surface area contributed by atoms with Crippen LogP contribution < -0.4 is 0 Å². The maximum absolute atomic E-state index is 12.9. The molecular formula is C17H24N4O2S. The van der Waals surface area contributed by atoms with Gasteiger partial charge in [0.2, 0.25) is 5.91 Å². The summed E-state index contributed by atoms with van der Waals surface area (Å²) in [7, 11) is 1.89. The molecule has 1 aliphatic rings. The normalized spacial score (nSPS) is 22.6. The third kappa shape index (κ3) is 3.22. The highest BCUT2D eigenvalue weighted by Gasteiger charge is 2.32. The average molecular weight is 348 g/mol. The van der Waals surface area contributed by atoms with Crippen molar-refractivity contribution in [3.05, 3.63) is 18.4 Å². The van der Waals surface area contributed by atoms with Crippen molar-refractivity contribution < 1.29 is 9.21 Å². The third-order valence-corrected chi connectivity index (χ3v) is 5.78. The van der Waals surface area contributed by atoms with Crippen LogP contribution in [-0.4, -0.2) is 42.9 Å². The van der Waals surface area contributed by atoms with E-state index in [9.17, 15) is 4.79 Å². The number of carbonyl (C=O) groups excluding carboxylic acids is 1. The molecule has 2 aromatic rings. The molecule has 2 aromatic heterocycles. The Morgan fingerprint density at radius 1 is 1.33 bits per heavy atom. The summed E-state index contributed by atoms with van der Waals surface area (Å²) in [6, 6.07) is 4.29. The van der Waals surface area contributed by atoms with E-state index >= 15 is 0 Å². The molecule has 0 saturated carbocycles.